The Morgan fingerprint density at radius 3 is 2.73 bits per heavy atom. The number of phenols is 1. The van der Waals surface area contributed by atoms with Gasteiger partial charge in [0.15, 0.2) is 0 Å². The van der Waals surface area contributed by atoms with Crippen LogP contribution in [0.5, 0.6) is 5.75 Å². The molecule has 0 amide bonds. The van der Waals surface area contributed by atoms with Crippen molar-refractivity contribution >= 4 is 0 Å². The molecule has 0 radical (unpaired) electrons. The van der Waals surface area contributed by atoms with E-state index in [1.807, 2.05) is 19.2 Å². The summed E-state index contributed by atoms with van der Waals surface area (Å²) < 4.78 is 0. The molecule has 2 N–H and O–H groups in total. The van der Waals surface area contributed by atoms with Gasteiger partial charge < -0.3 is 10.2 Å². The van der Waals surface area contributed by atoms with Crippen molar-refractivity contribution < 1.29 is 10.2 Å². The van der Waals surface area contributed by atoms with E-state index >= 15 is 0 Å². The Morgan fingerprint density at radius 1 is 1.40 bits per heavy atom. The fourth-order valence-electron chi connectivity index (χ4n) is 1.55. The molecule has 3 heteroatoms. The van der Waals surface area contributed by atoms with Crippen molar-refractivity contribution in [1.82, 2.24) is 4.90 Å². The Balaban J connectivity index is 2.62. The van der Waals surface area contributed by atoms with Gasteiger partial charge in [0.25, 0.3) is 0 Å². The van der Waals surface area contributed by atoms with E-state index < -0.39 is 0 Å². The molecule has 0 heterocycles. The molecule has 1 rings (SSSR count). The average molecular weight is 209 g/mol. The molecular formula is C12H19NO2. The zero-order valence-corrected chi connectivity index (χ0v) is 9.35. The molecule has 1 unspecified atom stereocenters. The summed E-state index contributed by atoms with van der Waals surface area (Å²) in [5.74, 6) is 0.301. The minimum absolute atomic E-state index is 0.219. The number of nitrogens with zero attached hydrogens (tertiary/aromatic N) is 1. The number of aliphatic hydroxyl groups excluding tert-OH is 1. The molecule has 0 aromatic heterocycles. The third-order valence-corrected chi connectivity index (χ3v) is 2.68. The van der Waals surface area contributed by atoms with Gasteiger partial charge in [0, 0.05) is 19.2 Å². The molecule has 1 atom stereocenters. The summed E-state index contributed by atoms with van der Waals surface area (Å²) in [4.78, 5) is 2.16. The molecule has 84 valence electrons. The first kappa shape index (κ1) is 12.0. The lowest BCUT2D eigenvalue weighted by Crippen LogP contribution is -2.24. The van der Waals surface area contributed by atoms with Crippen molar-refractivity contribution in [3.8, 4) is 5.75 Å². The zero-order chi connectivity index (χ0) is 11.3. The van der Waals surface area contributed by atoms with Crippen LogP contribution in [0.2, 0.25) is 0 Å². The lowest BCUT2D eigenvalue weighted by molar-refractivity contribution is 0.216. The summed E-state index contributed by atoms with van der Waals surface area (Å²) >= 11 is 0. The Morgan fingerprint density at radius 2 is 2.13 bits per heavy atom. The molecule has 3 nitrogen and oxygen atoms in total. The Labute approximate surface area is 91.0 Å². The van der Waals surface area contributed by atoms with Gasteiger partial charge in [-0.3, -0.25) is 4.90 Å². The second-order valence-corrected chi connectivity index (χ2v) is 3.83. The van der Waals surface area contributed by atoms with E-state index in [9.17, 15) is 5.11 Å². The number of hydrogen-bond acceptors (Lipinski definition) is 3. The van der Waals surface area contributed by atoms with Crippen molar-refractivity contribution in [2.24, 2.45) is 0 Å². The molecule has 1 aromatic rings. The highest BCUT2D eigenvalue weighted by Crippen LogP contribution is 2.22. The predicted octanol–water partition coefficient (Wildman–Crippen LogP) is 1.77. The van der Waals surface area contributed by atoms with Gasteiger partial charge in [-0.15, -0.1) is 0 Å². The van der Waals surface area contributed by atoms with Crippen LogP contribution >= 0.6 is 0 Å². The summed E-state index contributed by atoms with van der Waals surface area (Å²) in [6.45, 7) is 3.16. The summed E-state index contributed by atoms with van der Waals surface area (Å²) in [6, 6.07) is 7.55. The van der Waals surface area contributed by atoms with Crippen molar-refractivity contribution in [1.29, 1.82) is 0 Å². The maximum absolute atomic E-state index is 9.36. The Hall–Kier alpha value is -1.06. The monoisotopic (exact) mass is 209 g/mol. The Kier molecular flexibility index (Phi) is 4.59. The quantitative estimate of drug-likeness (QED) is 0.776. The highest BCUT2D eigenvalue weighted by atomic mass is 16.3. The molecule has 0 aliphatic heterocycles. The molecule has 0 aliphatic carbocycles. The maximum atomic E-state index is 9.36. The third kappa shape index (κ3) is 3.53. The van der Waals surface area contributed by atoms with Gasteiger partial charge in [-0.1, -0.05) is 12.1 Å². The number of rotatable bonds is 5. The van der Waals surface area contributed by atoms with Crippen molar-refractivity contribution in [2.45, 2.75) is 19.4 Å². The number of aromatic hydroxyl groups is 1. The van der Waals surface area contributed by atoms with E-state index in [0.29, 0.717) is 5.75 Å². The molecule has 1 aromatic carbocycles. The van der Waals surface area contributed by atoms with Gasteiger partial charge in [0.2, 0.25) is 0 Å². The van der Waals surface area contributed by atoms with E-state index in [-0.39, 0.29) is 12.6 Å². The first-order chi connectivity index (χ1) is 7.15. The maximum Gasteiger partial charge on any atom is 0.115 e. The summed E-state index contributed by atoms with van der Waals surface area (Å²) in [5, 5.41) is 18.1. The molecule has 0 saturated carbocycles. The number of hydrogen-bond donors (Lipinski definition) is 2. The molecule has 0 bridgehead atoms. The van der Waals surface area contributed by atoms with Crippen molar-refractivity contribution in [3.05, 3.63) is 29.8 Å². The van der Waals surface area contributed by atoms with Crippen LogP contribution in [0, 0.1) is 0 Å². The lowest BCUT2D eigenvalue weighted by Gasteiger charge is -2.24. The highest BCUT2D eigenvalue weighted by molar-refractivity contribution is 5.29. The molecule has 0 aliphatic rings. The Bertz CT molecular complexity index is 301. The topological polar surface area (TPSA) is 43.7 Å². The normalized spacial score (nSPS) is 13.1. The van der Waals surface area contributed by atoms with Crippen molar-refractivity contribution in [2.75, 3.05) is 20.2 Å². The fourth-order valence-corrected chi connectivity index (χ4v) is 1.55. The molecular weight excluding hydrogens is 190 g/mol. The fraction of sp³-hybridized carbons (Fsp3) is 0.500. The van der Waals surface area contributed by atoms with Gasteiger partial charge in [0.05, 0.1) is 0 Å². The lowest BCUT2D eigenvalue weighted by atomic mass is 10.1. The van der Waals surface area contributed by atoms with Gasteiger partial charge in [-0.05, 0) is 38.1 Å². The van der Waals surface area contributed by atoms with Crippen LogP contribution in [0.25, 0.3) is 0 Å². The first-order valence-corrected chi connectivity index (χ1v) is 5.25. The van der Waals surface area contributed by atoms with Gasteiger partial charge in [-0.25, -0.2) is 0 Å². The SMILES string of the molecule is CC(c1cccc(O)c1)N(C)CCCO. The highest BCUT2D eigenvalue weighted by Gasteiger charge is 2.11. The summed E-state index contributed by atoms with van der Waals surface area (Å²) in [6.07, 6.45) is 0.777. The van der Waals surface area contributed by atoms with Crippen LogP contribution in [-0.2, 0) is 0 Å². The second-order valence-electron chi connectivity index (χ2n) is 3.83. The van der Waals surface area contributed by atoms with Crippen LogP contribution in [0.4, 0.5) is 0 Å². The van der Waals surface area contributed by atoms with Gasteiger partial charge in [0.1, 0.15) is 5.75 Å². The average Bonchev–Trinajstić information content (AvgIpc) is 2.24. The summed E-state index contributed by atoms with van der Waals surface area (Å²) in [7, 11) is 2.02. The van der Waals surface area contributed by atoms with E-state index in [4.69, 9.17) is 5.11 Å². The summed E-state index contributed by atoms with van der Waals surface area (Å²) in [5.41, 5.74) is 1.09. The van der Waals surface area contributed by atoms with E-state index in [1.54, 1.807) is 12.1 Å². The molecule has 15 heavy (non-hydrogen) atoms. The van der Waals surface area contributed by atoms with Crippen LogP contribution in [0.15, 0.2) is 24.3 Å². The minimum atomic E-state index is 0.219. The molecule has 0 fully saturated rings. The standard InChI is InChI=1S/C12H19NO2/c1-10(13(2)7-4-8-14)11-5-3-6-12(15)9-11/h3,5-6,9-10,14-15H,4,7-8H2,1-2H3. The third-order valence-electron chi connectivity index (χ3n) is 2.68. The zero-order valence-electron chi connectivity index (χ0n) is 9.35. The predicted molar refractivity (Wildman–Crippen MR) is 60.9 cm³/mol. The number of benzene rings is 1. The van der Waals surface area contributed by atoms with Crippen LogP contribution < -0.4 is 0 Å². The molecule has 0 saturated heterocycles. The van der Waals surface area contributed by atoms with Crippen LogP contribution in [0.1, 0.15) is 24.9 Å². The number of phenolic OH excluding ortho intramolecular Hbond substituents is 1. The van der Waals surface area contributed by atoms with E-state index in [1.165, 1.54) is 0 Å². The second kappa shape index (κ2) is 5.73. The van der Waals surface area contributed by atoms with Crippen LogP contribution in [-0.4, -0.2) is 35.3 Å². The first-order valence-electron chi connectivity index (χ1n) is 5.25. The number of aliphatic hydroxyl groups is 1. The van der Waals surface area contributed by atoms with Crippen molar-refractivity contribution in [3.63, 3.8) is 0 Å². The largest absolute Gasteiger partial charge is 0.508 e. The van der Waals surface area contributed by atoms with Gasteiger partial charge >= 0.3 is 0 Å². The van der Waals surface area contributed by atoms with E-state index in [2.05, 4.69) is 11.8 Å². The van der Waals surface area contributed by atoms with Gasteiger partial charge in [-0.2, -0.15) is 0 Å². The van der Waals surface area contributed by atoms with E-state index in [0.717, 1.165) is 18.5 Å². The van der Waals surface area contributed by atoms with Crippen LogP contribution in [0.3, 0.4) is 0 Å². The minimum Gasteiger partial charge on any atom is -0.508 e. The smallest absolute Gasteiger partial charge is 0.115 e. The molecule has 0 spiro atoms.